The molecule has 0 bridgehead atoms. The summed E-state index contributed by atoms with van der Waals surface area (Å²) in [5.74, 6) is 1.76. The van der Waals surface area contributed by atoms with Gasteiger partial charge in [0.25, 0.3) is 0 Å². The van der Waals surface area contributed by atoms with Gasteiger partial charge in [-0.15, -0.1) is 11.3 Å². The van der Waals surface area contributed by atoms with E-state index in [0.29, 0.717) is 17.5 Å². The SMILES string of the molecule is c1ccc(-c2ccc(-c3nc4c(-c5nc(-c6ccccc6)nc(-c6ccc7ccccc7c6)n5)c5c(cc4s3)oc3ccccc35)cc2)cc1. The van der Waals surface area contributed by atoms with Crippen molar-refractivity contribution in [3.05, 3.63) is 158 Å². The van der Waals surface area contributed by atoms with E-state index in [9.17, 15) is 0 Å². The largest absolute Gasteiger partial charge is 0.456 e. The third-order valence-corrected chi connectivity index (χ3v) is 10.2. The quantitative estimate of drug-likeness (QED) is 0.184. The Hall–Kier alpha value is -6.50. The minimum Gasteiger partial charge on any atom is -0.456 e. The fraction of sp³-hybridized carbons (Fsp3) is 0. The van der Waals surface area contributed by atoms with Crippen molar-refractivity contribution in [1.82, 2.24) is 19.9 Å². The van der Waals surface area contributed by atoms with Crippen molar-refractivity contribution in [3.8, 4) is 55.9 Å². The number of hydrogen-bond acceptors (Lipinski definition) is 6. The summed E-state index contributed by atoms with van der Waals surface area (Å²) in [6.45, 7) is 0. The molecule has 6 heteroatoms. The molecule has 0 fully saturated rings. The monoisotopic (exact) mass is 658 g/mol. The van der Waals surface area contributed by atoms with E-state index in [1.807, 2.05) is 54.6 Å². The van der Waals surface area contributed by atoms with E-state index < -0.39 is 0 Å². The summed E-state index contributed by atoms with van der Waals surface area (Å²) < 4.78 is 7.49. The van der Waals surface area contributed by atoms with Crippen LogP contribution in [0.1, 0.15) is 0 Å². The Labute approximate surface area is 291 Å². The second-order valence-corrected chi connectivity index (χ2v) is 13.3. The first-order chi connectivity index (χ1) is 24.7. The molecule has 10 aromatic rings. The molecule has 0 atom stereocenters. The molecule has 7 aromatic carbocycles. The van der Waals surface area contributed by atoms with Gasteiger partial charge in [-0.05, 0) is 34.0 Å². The average molecular weight is 659 g/mol. The highest BCUT2D eigenvalue weighted by atomic mass is 32.1. The normalized spacial score (nSPS) is 11.6. The van der Waals surface area contributed by atoms with E-state index in [0.717, 1.165) is 70.2 Å². The first-order valence-electron chi connectivity index (χ1n) is 16.5. The lowest BCUT2D eigenvalue weighted by atomic mass is 10.0. The minimum absolute atomic E-state index is 0.556. The summed E-state index contributed by atoms with van der Waals surface area (Å²) in [5, 5.41) is 5.15. The van der Waals surface area contributed by atoms with Crippen LogP contribution < -0.4 is 0 Å². The van der Waals surface area contributed by atoms with Crippen LogP contribution >= 0.6 is 11.3 Å². The number of aromatic nitrogens is 4. The molecule has 0 N–H and O–H groups in total. The van der Waals surface area contributed by atoms with Crippen molar-refractivity contribution in [3.63, 3.8) is 0 Å². The molecule has 0 amide bonds. The van der Waals surface area contributed by atoms with Crippen molar-refractivity contribution in [1.29, 1.82) is 0 Å². The van der Waals surface area contributed by atoms with Crippen molar-refractivity contribution in [2.45, 2.75) is 0 Å². The Morgan fingerprint density at radius 1 is 0.420 bits per heavy atom. The molecule has 10 rings (SSSR count). The summed E-state index contributed by atoms with van der Waals surface area (Å²) in [6, 6.07) is 54.0. The van der Waals surface area contributed by atoms with Crippen LogP contribution in [-0.2, 0) is 0 Å². The summed E-state index contributed by atoms with van der Waals surface area (Å²) in [4.78, 5) is 20.8. The molecule has 0 aliphatic heterocycles. The molecule has 0 aliphatic carbocycles. The summed E-state index contributed by atoms with van der Waals surface area (Å²) >= 11 is 1.65. The number of para-hydroxylation sites is 1. The predicted molar refractivity (Wildman–Crippen MR) is 205 cm³/mol. The molecule has 50 heavy (non-hydrogen) atoms. The smallest absolute Gasteiger partial charge is 0.167 e. The number of fused-ring (bicyclic) bond motifs is 5. The lowest BCUT2D eigenvalue weighted by Crippen LogP contribution is -2.01. The number of thiazole rings is 1. The summed E-state index contributed by atoms with van der Waals surface area (Å²) in [5.41, 5.74) is 8.50. The summed E-state index contributed by atoms with van der Waals surface area (Å²) in [7, 11) is 0. The first kappa shape index (κ1) is 28.5. The lowest BCUT2D eigenvalue weighted by molar-refractivity contribution is 0.669. The predicted octanol–water partition coefficient (Wildman–Crippen LogP) is 11.9. The van der Waals surface area contributed by atoms with Crippen LogP contribution in [0, 0.1) is 0 Å². The van der Waals surface area contributed by atoms with Gasteiger partial charge in [-0.2, -0.15) is 0 Å². The van der Waals surface area contributed by atoms with Crippen LogP contribution in [0.4, 0.5) is 0 Å². The van der Waals surface area contributed by atoms with E-state index in [2.05, 4.69) is 103 Å². The minimum atomic E-state index is 0.556. The third kappa shape index (κ3) is 4.85. The molecule has 0 saturated carbocycles. The molecular weight excluding hydrogens is 633 g/mol. The molecule has 3 heterocycles. The zero-order valence-electron chi connectivity index (χ0n) is 26.6. The number of hydrogen-bond donors (Lipinski definition) is 0. The first-order valence-corrected chi connectivity index (χ1v) is 17.3. The molecule has 234 valence electrons. The fourth-order valence-electron chi connectivity index (χ4n) is 6.71. The number of furan rings is 1. The second kappa shape index (κ2) is 11.6. The highest BCUT2D eigenvalue weighted by molar-refractivity contribution is 7.21. The Morgan fingerprint density at radius 3 is 1.82 bits per heavy atom. The van der Waals surface area contributed by atoms with Crippen molar-refractivity contribution in [2.75, 3.05) is 0 Å². The standard InChI is InChI=1S/C44H26N4OS/c1-3-11-27(12-4-1)29-19-22-31(23-20-29)44-45-40-37(50-44)26-36-38(34-17-9-10-18-35(34)49-36)39(40)43-47-41(30-14-5-2-6-15-30)46-42(48-43)33-24-21-28-13-7-8-16-32(28)25-33/h1-26H. The molecule has 0 saturated heterocycles. The number of nitrogens with zero attached hydrogens (tertiary/aromatic N) is 4. The zero-order valence-corrected chi connectivity index (χ0v) is 27.4. The Balaban J connectivity index is 1.23. The molecule has 0 radical (unpaired) electrons. The van der Waals surface area contributed by atoms with Gasteiger partial charge in [0, 0.05) is 33.5 Å². The maximum absolute atomic E-state index is 6.49. The van der Waals surface area contributed by atoms with Crippen LogP contribution in [0.15, 0.2) is 162 Å². The average Bonchev–Trinajstić information content (AvgIpc) is 3.78. The van der Waals surface area contributed by atoms with Crippen LogP contribution in [0.2, 0.25) is 0 Å². The van der Waals surface area contributed by atoms with E-state index in [-0.39, 0.29) is 0 Å². The molecule has 5 nitrogen and oxygen atoms in total. The van der Waals surface area contributed by atoms with Crippen molar-refractivity contribution in [2.24, 2.45) is 0 Å². The van der Waals surface area contributed by atoms with Gasteiger partial charge in [-0.1, -0.05) is 140 Å². The van der Waals surface area contributed by atoms with Crippen molar-refractivity contribution >= 4 is 54.3 Å². The van der Waals surface area contributed by atoms with Gasteiger partial charge in [-0.25, -0.2) is 19.9 Å². The number of rotatable bonds is 5. The highest BCUT2D eigenvalue weighted by Gasteiger charge is 2.23. The van der Waals surface area contributed by atoms with Crippen LogP contribution in [0.25, 0.3) is 98.8 Å². The van der Waals surface area contributed by atoms with Gasteiger partial charge in [0.1, 0.15) is 16.2 Å². The molecule has 0 aliphatic rings. The van der Waals surface area contributed by atoms with E-state index >= 15 is 0 Å². The second-order valence-electron chi connectivity index (χ2n) is 12.3. The Bertz CT molecular complexity index is 2860. The van der Waals surface area contributed by atoms with Gasteiger partial charge < -0.3 is 4.42 Å². The van der Waals surface area contributed by atoms with Crippen LogP contribution in [0.3, 0.4) is 0 Å². The van der Waals surface area contributed by atoms with E-state index in [4.69, 9.17) is 24.4 Å². The fourth-order valence-corrected chi connectivity index (χ4v) is 7.72. The Kier molecular flexibility index (Phi) is 6.60. The molecule has 3 aromatic heterocycles. The van der Waals surface area contributed by atoms with Crippen molar-refractivity contribution < 1.29 is 4.42 Å². The van der Waals surface area contributed by atoms with Gasteiger partial charge >= 0.3 is 0 Å². The lowest BCUT2D eigenvalue weighted by Gasteiger charge is -2.10. The highest BCUT2D eigenvalue weighted by Crippen LogP contribution is 2.44. The zero-order chi connectivity index (χ0) is 33.0. The number of benzene rings is 7. The molecule has 0 unspecified atom stereocenters. The van der Waals surface area contributed by atoms with Gasteiger partial charge in [0.15, 0.2) is 17.5 Å². The van der Waals surface area contributed by atoms with Crippen LogP contribution in [0.5, 0.6) is 0 Å². The topological polar surface area (TPSA) is 64.7 Å². The summed E-state index contributed by atoms with van der Waals surface area (Å²) in [6.07, 6.45) is 0. The molecular formula is C44H26N4OS. The maximum atomic E-state index is 6.49. The Morgan fingerprint density at radius 2 is 1.02 bits per heavy atom. The van der Waals surface area contributed by atoms with Gasteiger partial charge in [0.05, 0.1) is 15.8 Å². The van der Waals surface area contributed by atoms with E-state index in [1.54, 1.807) is 11.3 Å². The van der Waals surface area contributed by atoms with Gasteiger partial charge in [0.2, 0.25) is 0 Å². The molecule has 0 spiro atoms. The maximum Gasteiger partial charge on any atom is 0.167 e. The third-order valence-electron chi connectivity index (χ3n) is 9.16. The van der Waals surface area contributed by atoms with Crippen LogP contribution in [-0.4, -0.2) is 19.9 Å². The van der Waals surface area contributed by atoms with Gasteiger partial charge in [-0.3, -0.25) is 0 Å². The van der Waals surface area contributed by atoms with E-state index in [1.165, 1.54) is 11.1 Å².